The number of aryl methyl sites for hydroxylation is 1. The number of nitrogens with one attached hydrogen (secondary N) is 1. The van der Waals surface area contributed by atoms with Gasteiger partial charge in [-0.2, -0.15) is 5.26 Å². The summed E-state index contributed by atoms with van der Waals surface area (Å²) in [5, 5.41) is 9.77. The first-order valence-corrected chi connectivity index (χ1v) is 4.25. The van der Waals surface area contributed by atoms with Crippen molar-refractivity contribution in [3.8, 4) is 6.07 Å². The summed E-state index contributed by atoms with van der Waals surface area (Å²) in [5.74, 6) is 0. The molecule has 0 saturated carbocycles. The minimum absolute atomic E-state index is 0.476. The van der Waals surface area contributed by atoms with Gasteiger partial charge in [-0.05, 0) is 18.1 Å². The summed E-state index contributed by atoms with van der Waals surface area (Å²) in [6.45, 7) is 2.06. The van der Waals surface area contributed by atoms with E-state index in [1.807, 2.05) is 18.3 Å². The Labute approximate surface area is 76.8 Å². The van der Waals surface area contributed by atoms with E-state index in [4.69, 9.17) is 5.26 Å². The van der Waals surface area contributed by atoms with Crippen molar-refractivity contribution in [3.05, 3.63) is 35.5 Å². The number of aromatic nitrogens is 1. The summed E-state index contributed by atoms with van der Waals surface area (Å²) in [5.41, 5.74) is 3.45. The Hall–Kier alpha value is -1.75. The number of hydrogen-bond donors (Lipinski definition) is 1. The largest absolute Gasteiger partial charge is 0.361 e. The van der Waals surface area contributed by atoms with Crippen molar-refractivity contribution >= 4 is 10.9 Å². The van der Waals surface area contributed by atoms with Gasteiger partial charge >= 0.3 is 0 Å². The van der Waals surface area contributed by atoms with Gasteiger partial charge in [0.1, 0.15) is 0 Å². The molecule has 64 valence electrons. The number of nitrogens with zero attached hydrogens (tertiary/aromatic N) is 1. The van der Waals surface area contributed by atoms with E-state index in [0.717, 1.165) is 11.1 Å². The molecule has 1 aromatic carbocycles. The van der Waals surface area contributed by atoms with Gasteiger partial charge in [0.15, 0.2) is 0 Å². The molecule has 0 fully saturated rings. The van der Waals surface area contributed by atoms with E-state index in [-0.39, 0.29) is 0 Å². The van der Waals surface area contributed by atoms with Gasteiger partial charge in [-0.15, -0.1) is 0 Å². The maximum atomic E-state index is 8.60. The Balaban J connectivity index is 2.70. The van der Waals surface area contributed by atoms with Crippen LogP contribution in [-0.4, -0.2) is 4.98 Å². The van der Waals surface area contributed by atoms with Crippen molar-refractivity contribution in [3.63, 3.8) is 0 Å². The third-order valence-corrected chi connectivity index (χ3v) is 2.28. The summed E-state index contributed by atoms with van der Waals surface area (Å²) < 4.78 is 0. The molecule has 0 aliphatic carbocycles. The van der Waals surface area contributed by atoms with Gasteiger partial charge in [0.05, 0.1) is 12.5 Å². The molecule has 2 aromatic rings. The molecule has 0 atom stereocenters. The first kappa shape index (κ1) is 7.88. The van der Waals surface area contributed by atoms with Crippen LogP contribution in [-0.2, 0) is 6.42 Å². The molecule has 0 bridgehead atoms. The fourth-order valence-corrected chi connectivity index (χ4v) is 1.60. The maximum Gasteiger partial charge on any atom is 0.0670 e. The van der Waals surface area contributed by atoms with Crippen molar-refractivity contribution in [2.24, 2.45) is 0 Å². The first-order chi connectivity index (χ1) is 6.33. The third-order valence-electron chi connectivity index (χ3n) is 2.28. The second kappa shape index (κ2) is 2.95. The molecule has 0 radical (unpaired) electrons. The zero-order chi connectivity index (χ0) is 9.26. The van der Waals surface area contributed by atoms with Crippen LogP contribution in [0.25, 0.3) is 10.9 Å². The summed E-state index contributed by atoms with van der Waals surface area (Å²) in [6.07, 6.45) is 2.39. The normalized spacial score (nSPS) is 10.2. The van der Waals surface area contributed by atoms with Gasteiger partial charge < -0.3 is 4.98 Å². The summed E-state index contributed by atoms with van der Waals surface area (Å²) in [7, 11) is 0. The molecule has 0 aliphatic heterocycles. The van der Waals surface area contributed by atoms with E-state index in [0.29, 0.717) is 6.42 Å². The Kier molecular flexibility index (Phi) is 1.79. The number of H-pyrrole nitrogens is 1. The standard InChI is InChI=1S/C11H10N2/c1-8-3-2-4-10-9(5-6-12)7-13-11(8)10/h2-4,7,13H,5H2,1H3. The fourth-order valence-electron chi connectivity index (χ4n) is 1.60. The number of aromatic amines is 1. The Morgan fingerprint density at radius 3 is 3.08 bits per heavy atom. The highest BCUT2D eigenvalue weighted by molar-refractivity contribution is 5.86. The lowest BCUT2D eigenvalue weighted by Crippen LogP contribution is -1.78. The predicted molar refractivity (Wildman–Crippen MR) is 52.4 cm³/mol. The van der Waals surface area contributed by atoms with E-state index in [1.165, 1.54) is 10.9 Å². The Bertz CT molecular complexity index is 474. The van der Waals surface area contributed by atoms with E-state index >= 15 is 0 Å². The van der Waals surface area contributed by atoms with E-state index in [2.05, 4.69) is 24.0 Å². The molecule has 0 amide bonds. The summed E-state index contributed by atoms with van der Waals surface area (Å²) >= 11 is 0. The van der Waals surface area contributed by atoms with E-state index in [9.17, 15) is 0 Å². The van der Waals surface area contributed by atoms with Crippen LogP contribution in [0.4, 0.5) is 0 Å². The van der Waals surface area contributed by atoms with Gasteiger partial charge in [0.25, 0.3) is 0 Å². The van der Waals surface area contributed by atoms with Crippen molar-refractivity contribution in [2.75, 3.05) is 0 Å². The van der Waals surface area contributed by atoms with Crippen molar-refractivity contribution in [1.82, 2.24) is 4.98 Å². The molecule has 0 aliphatic rings. The molecule has 0 spiro atoms. The lowest BCUT2D eigenvalue weighted by molar-refractivity contribution is 1.27. The average molecular weight is 170 g/mol. The highest BCUT2D eigenvalue weighted by Gasteiger charge is 2.03. The zero-order valence-corrected chi connectivity index (χ0v) is 7.46. The van der Waals surface area contributed by atoms with Crippen LogP contribution in [0, 0.1) is 18.3 Å². The fraction of sp³-hybridized carbons (Fsp3) is 0.182. The monoisotopic (exact) mass is 170 g/mol. The molecule has 2 nitrogen and oxygen atoms in total. The zero-order valence-electron chi connectivity index (χ0n) is 7.46. The van der Waals surface area contributed by atoms with Gasteiger partial charge in [0.2, 0.25) is 0 Å². The van der Waals surface area contributed by atoms with Gasteiger partial charge in [-0.3, -0.25) is 0 Å². The molecule has 1 aromatic heterocycles. The van der Waals surface area contributed by atoms with Crippen LogP contribution < -0.4 is 0 Å². The van der Waals surface area contributed by atoms with Crippen molar-refractivity contribution < 1.29 is 0 Å². The first-order valence-electron chi connectivity index (χ1n) is 4.25. The molecule has 1 N–H and O–H groups in total. The van der Waals surface area contributed by atoms with Crippen molar-refractivity contribution in [2.45, 2.75) is 13.3 Å². The number of benzene rings is 1. The molecule has 0 saturated heterocycles. The van der Waals surface area contributed by atoms with Gasteiger partial charge in [-0.1, -0.05) is 18.2 Å². The number of fused-ring (bicyclic) bond motifs is 1. The van der Waals surface area contributed by atoms with E-state index in [1.54, 1.807) is 0 Å². The molecule has 2 rings (SSSR count). The van der Waals surface area contributed by atoms with Crippen LogP contribution in [0.3, 0.4) is 0 Å². The molecular formula is C11H10N2. The number of para-hydroxylation sites is 1. The molecule has 13 heavy (non-hydrogen) atoms. The summed E-state index contributed by atoms with van der Waals surface area (Å²) in [6, 6.07) is 8.29. The average Bonchev–Trinajstić information content (AvgIpc) is 2.51. The second-order valence-corrected chi connectivity index (χ2v) is 3.15. The maximum absolute atomic E-state index is 8.60. The van der Waals surface area contributed by atoms with Crippen LogP contribution in [0.1, 0.15) is 11.1 Å². The number of hydrogen-bond acceptors (Lipinski definition) is 1. The van der Waals surface area contributed by atoms with Crippen LogP contribution in [0.5, 0.6) is 0 Å². The third kappa shape index (κ3) is 1.19. The van der Waals surface area contributed by atoms with Crippen LogP contribution in [0.2, 0.25) is 0 Å². The minimum Gasteiger partial charge on any atom is -0.361 e. The highest BCUT2D eigenvalue weighted by Crippen LogP contribution is 2.21. The SMILES string of the molecule is Cc1cccc2c(CC#N)c[nH]c12. The lowest BCUT2D eigenvalue weighted by Gasteiger charge is -1.95. The predicted octanol–water partition coefficient (Wildman–Crippen LogP) is 2.54. The molecule has 1 heterocycles. The van der Waals surface area contributed by atoms with Crippen molar-refractivity contribution in [1.29, 1.82) is 5.26 Å². The Morgan fingerprint density at radius 1 is 1.46 bits per heavy atom. The minimum atomic E-state index is 0.476. The number of nitriles is 1. The van der Waals surface area contributed by atoms with Gasteiger partial charge in [-0.25, -0.2) is 0 Å². The lowest BCUT2D eigenvalue weighted by atomic mass is 10.1. The molecular weight excluding hydrogens is 160 g/mol. The van der Waals surface area contributed by atoms with E-state index < -0.39 is 0 Å². The quantitative estimate of drug-likeness (QED) is 0.701. The van der Waals surface area contributed by atoms with Gasteiger partial charge in [0, 0.05) is 17.1 Å². The number of rotatable bonds is 1. The smallest absolute Gasteiger partial charge is 0.0670 e. The Morgan fingerprint density at radius 2 is 2.31 bits per heavy atom. The summed E-state index contributed by atoms with van der Waals surface area (Å²) in [4.78, 5) is 3.19. The molecule has 2 heteroatoms. The second-order valence-electron chi connectivity index (χ2n) is 3.15. The van der Waals surface area contributed by atoms with Crippen LogP contribution >= 0.6 is 0 Å². The molecule has 0 unspecified atom stereocenters. The van der Waals surface area contributed by atoms with Crippen LogP contribution in [0.15, 0.2) is 24.4 Å². The topological polar surface area (TPSA) is 39.6 Å². The highest BCUT2D eigenvalue weighted by atomic mass is 14.7.